The van der Waals surface area contributed by atoms with E-state index in [2.05, 4.69) is 32.7 Å². The molecule has 3 aliphatic rings. The maximum Gasteiger partial charge on any atom is 0.397 e. The van der Waals surface area contributed by atoms with E-state index in [4.69, 9.17) is 18.9 Å². The minimum atomic E-state index is -5.92. The number of unbranched alkanes of at least 4 members (excludes halogenated alkanes) is 1. The molecule has 15 atom stereocenters. The lowest BCUT2D eigenvalue weighted by Crippen LogP contribution is -2.69. The van der Waals surface area contributed by atoms with Crippen LogP contribution in [0.4, 0.5) is 11.4 Å². The molecule has 0 aromatic heterocycles. The lowest BCUT2D eigenvalue weighted by Gasteiger charge is -2.48. The molecule has 3 saturated heterocycles. The van der Waals surface area contributed by atoms with Crippen LogP contribution in [0.1, 0.15) is 39.0 Å². The molecule has 72 heavy (non-hydrogen) atoms. The quantitative estimate of drug-likeness (QED) is 0.0219. The number of ether oxygens (including phenoxy) is 4. The van der Waals surface area contributed by atoms with Gasteiger partial charge in [0.05, 0.1) is 19.3 Å². The summed E-state index contributed by atoms with van der Waals surface area (Å²) in [6.45, 7) is -2.59. The predicted molar refractivity (Wildman–Crippen MR) is 241 cm³/mol. The van der Waals surface area contributed by atoms with Crippen LogP contribution in [0.15, 0.2) is 24.3 Å². The van der Waals surface area contributed by atoms with Crippen LogP contribution in [-0.2, 0) is 91.7 Å². The van der Waals surface area contributed by atoms with Gasteiger partial charge in [-0.2, -0.15) is 33.7 Å². The number of rotatable bonds is 28. The summed E-state index contributed by atoms with van der Waals surface area (Å²) in [7, 11) is -19.5. The summed E-state index contributed by atoms with van der Waals surface area (Å²) < 4.78 is 172. The van der Waals surface area contributed by atoms with Crippen LogP contribution in [0.5, 0.6) is 0 Å². The molecule has 32 nitrogen and oxygen atoms in total. The van der Waals surface area contributed by atoms with Gasteiger partial charge < -0.3 is 65.5 Å². The SMILES string of the molecule is CC(=O)N[C@H]1[C@H](OC[C@@H](O)[C@@H](O)[C@H](O)[C@@H](O)CNc2cccc(NC(=O)CCCCC3CCSS3)c2)O[C@H](COS(=O)(=O)O)[C@H](OS(=O)(=O)O)[C@@H]1O[C@@H]1O[C@H](C(=O)O)[C@@H](O)[C@H](OS(=O)(=O)O)[C@H]1OS(=O)(=O)O. The van der Waals surface area contributed by atoms with Crippen molar-refractivity contribution in [1.82, 2.24) is 5.32 Å². The minimum Gasteiger partial charge on any atom is -0.479 e. The highest BCUT2D eigenvalue weighted by Crippen LogP contribution is 2.40. The number of hydrogen-bond acceptors (Lipinski definition) is 27. The van der Waals surface area contributed by atoms with E-state index < -0.39 is 159 Å². The molecule has 0 bridgehead atoms. The van der Waals surface area contributed by atoms with E-state index in [1.54, 1.807) is 18.2 Å². The molecule has 1 aromatic rings. The highest BCUT2D eigenvalue weighted by atomic mass is 33.1. The third-order valence-corrected chi connectivity index (χ3v) is 15.1. The Bertz CT molecular complexity index is 2430. The number of aliphatic hydroxyl groups excluding tert-OH is 5. The van der Waals surface area contributed by atoms with E-state index in [1.807, 2.05) is 21.6 Å². The summed E-state index contributed by atoms with van der Waals surface area (Å²) in [4.78, 5) is 37.3. The van der Waals surface area contributed by atoms with E-state index >= 15 is 0 Å². The van der Waals surface area contributed by atoms with Crippen molar-refractivity contribution in [2.75, 3.05) is 36.1 Å². The van der Waals surface area contributed by atoms with E-state index in [1.165, 1.54) is 6.07 Å². The molecule has 414 valence electrons. The Kier molecular flexibility index (Phi) is 23.0. The monoisotopic (exact) mass is 1160 g/mol. The maximum absolute atomic E-state index is 12.6. The molecule has 0 radical (unpaired) electrons. The summed E-state index contributed by atoms with van der Waals surface area (Å²) in [5.74, 6) is -2.52. The van der Waals surface area contributed by atoms with E-state index in [9.17, 15) is 96.9 Å². The Morgan fingerprint density at radius 2 is 1.40 bits per heavy atom. The van der Waals surface area contributed by atoms with Gasteiger partial charge in [0.25, 0.3) is 0 Å². The number of nitrogens with one attached hydrogen (secondary N) is 3. The van der Waals surface area contributed by atoms with Gasteiger partial charge in [-0.25, -0.2) is 21.5 Å². The van der Waals surface area contributed by atoms with Gasteiger partial charge in [-0.15, -0.1) is 0 Å². The molecule has 38 heteroatoms. The number of anilines is 2. The standard InChI is InChI=1S/C34H53N3O29S6/c1-15(38)36-23-28(62-34-31(66-72(56,57)58)29(65-71(53,54)55)26(44)30(63-34)32(45)46)27(64-70(50,51)52)21(14-60-69(47,48)49)61-33(23)59-13-20(40)25(43)24(42)19(39)12-35-16-5-4-6-17(11-16)37-22(41)8-3-2-7-18-9-10-67-68-18/h4-6,11,18-21,23-31,33-35,39-40,42-44H,2-3,7-10,12-14H2,1H3,(H,36,38)(H,37,41)(H,45,46)(H,47,48,49)(H,50,51,52)(H,53,54,55)(H,56,57,58)/t18?,19-,20+,21+,23+,24+,25+,26-,27-,28+,29-,30-,31+,33+,34+/m0/s1. The molecule has 4 rings (SSSR count). The molecular weight excluding hydrogens is 1110 g/mol. The summed E-state index contributed by atoms with van der Waals surface area (Å²) >= 11 is 0. The lowest BCUT2D eigenvalue weighted by atomic mass is 9.95. The molecule has 3 fully saturated rings. The number of carbonyl (C=O) groups is 3. The van der Waals surface area contributed by atoms with Gasteiger partial charge in [-0.05, 0) is 37.5 Å². The summed E-state index contributed by atoms with van der Waals surface area (Å²) in [6, 6.07) is 3.94. The molecule has 1 aromatic carbocycles. The van der Waals surface area contributed by atoms with Crippen molar-refractivity contribution >= 4 is 92.3 Å². The smallest absolute Gasteiger partial charge is 0.397 e. The maximum atomic E-state index is 12.6. The van der Waals surface area contributed by atoms with E-state index in [0.29, 0.717) is 23.0 Å². The second-order valence-electron chi connectivity index (χ2n) is 15.8. The van der Waals surface area contributed by atoms with Crippen LogP contribution in [-0.4, -0.2) is 217 Å². The zero-order valence-corrected chi connectivity index (χ0v) is 41.9. The number of aliphatic carboxylic acids is 1. The minimum absolute atomic E-state index is 0.234. The predicted octanol–water partition coefficient (Wildman–Crippen LogP) is -3.62. The topological polar surface area (TPSA) is 500 Å². The van der Waals surface area contributed by atoms with Crippen molar-refractivity contribution in [3.63, 3.8) is 0 Å². The third kappa shape index (κ3) is 20.4. The Morgan fingerprint density at radius 1 is 0.792 bits per heavy atom. The Labute approximate surface area is 418 Å². The number of benzene rings is 1. The van der Waals surface area contributed by atoms with Crippen molar-refractivity contribution < 1.29 is 133 Å². The van der Waals surface area contributed by atoms with Crippen molar-refractivity contribution in [2.45, 2.75) is 130 Å². The number of carboxylic acid groups (broad SMARTS) is 1. The van der Waals surface area contributed by atoms with E-state index in [0.717, 1.165) is 31.9 Å². The van der Waals surface area contributed by atoms with Crippen molar-refractivity contribution in [3.05, 3.63) is 24.3 Å². The second kappa shape index (κ2) is 26.8. The summed E-state index contributed by atoms with van der Waals surface area (Å²) in [5.41, 5.74) is 0.724. The van der Waals surface area contributed by atoms with Gasteiger partial charge in [0.2, 0.25) is 11.8 Å². The molecule has 3 aliphatic heterocycles. The Morgan fingerprint density at radius 3 is 1.99 bits per heavy atom. The van der Waals surface area contributed by atoms with Crippen LogP contribution in [0.2, 0.25) is 0 Å². The first-order valence-electron chi connectivity index (χ1n) is 20.8. The summed E-state index contributed by atoms with van der Waals surface area (Å²) in [6.07, 6.45) is -29.4. The molecular formula is C34H53N3O29S6. The first-order valence-corrected chi connectivity index (χ1v) is 28.6. The van der Waals surface area contributed by atoms with Crippen LogP contribution < -0.4 is 16.0 Å². The molecule has 0 spiro atoms. The largest absolute Gasteiger partial charge is 0.479 e. The van der Waals surface area contributed by atoms with Gasteiger partial charge in [-0.3, -0.25) is 27.8 Å². The van der Waals surface area contributed by atoms with Gasteiger partial charge in [0.1, 0.15) is 54.9 Å². The average Bonchev–Trinajstić information content (AvgIpc) is 3.78. The van der Waals surface area contributed by atoms with Crippen LogP contribution in [0.3, 0.4) is 0 Å². The Hall–Kier alpha value is -2.75. The molecule has 0 aliphatic carbocycles. The zero-order valence-electron chi connectivity index (χ0n) is 37.0. The number of hydrogen-bond donors (Lipinski definition) is 13. The Balaban J connectivity index is 1.57. The van der Waals surface area contributed by atoms with Crippen molar-refractivity contribution in [2.24, 2.45) is 0 Å². The number of amides is 2. The molecule has 0 saturated carbocycles. The van der Waals surface area contributed by atoms with Gasteiger partial charge >= 0.3 is 47.6 Å². The number of carbonyl (C=O) groups excluding carboxylic acids is 2. The third-order valence-electron chi connectivity index (χ3n) is 10.3. The normalized spacial score (nSPS) is 29.1. The fourth-order valence-corrected chi connectivity index (χ4v) is 12.0. The first-order chi connectivity index (χ1) is 33.3. The van der Waals surface area contributed by atoms with Crippen LogP contribution in [0.25, 0.3) is 0 Å². The highest BCUT2D eigenvalue weighted by molar-refractivity contribution is 8.77. The number of aliphatic hydroxyl groups is 5. The first kappa shape index (κ1) is 61.8. The van der Waals surface area contributed by atoms with Gasteiger partial charge in [0.15, 0.2) is 24.8 Å². The fourth-order valence-electron chi connectivity index (χ4n) is 7.17. The van der Waals surface area contributed by atoms with Gasteiger partial charge in [-0.1, -0.05) is 34.1 Å². The molecule has 13 N–H and O–H groups in total. The lowest BCUT2D eigenvalue weighted by molar-refractivity contribution is -0.334. The van der Waals surface area contributed by atoms with Crippen molar-refractivity contribution in [3.8, 4) is 0 Å². The molecule has 3 heterocycles. The average molecular weight is 1160 g/mol. The fraction of sp³-hybridized carbons (Fsp3) is 0.735. The van der Waals surface area contributed by atoms with Crippen molar-refractivity contribution in [1.29, 1.82) is 0 Å². The summed E-state index contributed by atoms with van der Waals surface area (Å²) in [5, 5.41) is 71.8. The van der Waals surface area contributed by atoms with Gasteiger partial charge in [0, 0.05) is 42.3 Å². The van der Waals surface area contributed by atoms with E-state index in [-0.39, 0.29) is 12.3 Å². The van der Waals surface area contributed by atoms with Crippen LogP contribution in [0, 0.1) is 0 Å². The highest BCUT2D eigenvalue weighted by Gasteiger charge is 2.58. The van der Waals surface area contributed by atoms with Crippen LogP contribution >= 0.6 is 21.6 Å². The molecule has 1 unspecified atom stereocenters. The second-order valence-corrected chi connectivity index (χ2v) is 22.9. The number of carboxylic acids is 1. The zero-order chi connectivity index (χ0) is 53.9. The molecule has 2 amide bonds.